The molecule has 2 aromatic rings. The van der Waals surface area contributed by atoms with E-state index in [9.17, 15) is 10.1 Å². The van der Waals surface area contributed by atoms with Crippen molar-refractivity contribution >= 4 is 23.0 Å². The zero-order valence-corrected chi connectivity index (χ0v) is 15.4. The van der Waals surface area contributed by atoms with Crippen molar-refractivity contribution < 1.29 is 9.66 Å². The van der Waals surface area contributed by atoms with Crippen molar-refractivity contribution in [3.63, 3.8) is 0 Å². The molecule has 1 aromatic carbocycles. The van der Waals surface area contributed by atoms with Gasteiger partial charge in [-0.05, 0) is 38.1 Å². The molecular weight excluding hydrogens is 348 g/mol. The number of nitro groups is 1. The van der Waals surface area contributed by atoms with Crippen molar-refractivity contribution in [2.45, 2.75) is 19.3 Å². The Morgan fingerprint density at radius 3 is 2.67 bits per heavy atom. The predicted octanol–water partition coefficient (Wildman–Crippen LogP) is 3.03. The average Bonchev–Trinajstić information content (AvgIpc) is 2.69. The second-order valence-electron chi connectivity index (χ2n) is 6.33. The lowest BCUT2D eigenvalue weighted by atomic mass is 10.1. The van der Waals surface area contributed by atoms with Crippen LogP contribution in [0.15, 0.2) is 30.6 Å². The number of rotatable bonds is 8. The van der Waals surface area contributed by atoms with Gasteiger partial charge in [-0.3, -0.25) is 10.1 Å². The summed E-state index contributed by atoms with van der Waals surface area (Å²) >= 11 is 0. The van der Waals surface area contributed by atoms with Gasteiger partial charge in [0, 0.05) is 13.1 Å². The summed E-state index contributed by atoms with van der Waals surface area (Å²) in [7, 11) is 1.54. The highest BCUT2D eigenvalue weighted by Gasteiger charge is 2.24. The second kappa shape index (κ2) is 9.13. The molecule has 3 rings (SSSR count). The first-order valence-electron chi connectivity index (χ1n) is 9.04. The molecule has 1 saturated heterocycles. The highest BCUT2D eigenvalue weighted by Crippen LogP contribution is 2.33. The lowest BCUT2D eigenvalue weighted by Crippen LogP contribution is -2.33. The molecule has 0 aliphatic carbocycles. The Bertz CT molecular complexity index is 779. The maximum atomic E-state index is 11.7. The Hall–Kier alpha value is -2.94. The molecule has 9 nitrogen and oxygen atoms in total. The Labute approximate surface area is 157 Å². The van der Waals surface area contributed by atoms with Crippen molar-refractivity contribution in [1.29, 1.82) is 0 Å². The first-order chi connectivity index (χ1) is 13.2. The predicted molar refractivity (Wildman–Crippen MR) is 104 cm³/mol. The average molecular weight is 372 g/mol. The summed E-state index contributed by atoms with van der Waals surface area (Å²) in [6.45, 7) is 3.57. The summed E-state index contributed by atoms with van der Waals surface area (Å²) in [5, 5.41) is 17.7. The van der Waals surface area contributed by atoms with Gasteiger partial charge < -0.3 is 20.3 Å². The van der Waals surface area contributed by atoms with E-state index in [-0.39, 0.29) is 17.3 Å². The number of hydrogen-bond donors (Lipinski definition) is 2. The lowest BCUT2D eigenvalue weighted by Gasteiger charge is -2.26. The minimum absolute atomic E-state index is 0.125. The van der Waals surface area contributed by atoms with Crippen molar-refractivity contribution in [1.82, 2.24) is 14.9 Å². The van der Waals surface area contributed by atoms with Crippen LogP contribution in [-0.2, 0) is 0 Å². The van der Waals surface area contributed by atoms with Gasteiger partial charge >= 0.3 is 5.69 Å². The van der Waals surface area contributed by atoms with Crippen molar-refractivity contribution in [3.05, 3.63) is 40.7 Å². The summed E-state index contributed by atoms with van der Waals surface area (Å²) in [5.74, 6) is 0.911. The normalized spacial score (nSPS) is 14.6. The standard InChI is InChI=1S/C18H24N6O3/c1-27-15-8-4-3-7-14(15)22-18-16(24(25)26)17(20-13-21-18)19-9-12-23-10-5-2-6-11-23/h3-4,7-8,13H,2,5-6,9-12H2,1H3,(H2,19,20,21,22). The number of benzene rings is 1. The number of nitrogens with one attached hydrogen (secondary N) is 2. The molecule has 1 aliphatic rings. The van der Waals surface area contributed by atoms with E-state index < -0.39 is 4.92 Å². The molecular formula is C18H24N6O3. The van der Waals surface area contributed by atoms with E-state index >= 15 is 0 Å². The largest absolute Gasteiger partial charge is 0.495 e. The van der Waals surface area contributed by atoms with Gasteiger partial charge in [-0.25, -0.2) is 9.97 Å². The monoisotopic (exact) mass is 372 g/mol. The number of ether oxygens (including phenoxy) is 1. The maximum absolute atomic E-state index is 11.7. The van der Waals surface area contributed by atoms with Crippen molar-refractivity contribution in [3.8, 4) is 5.75 Å². The molecule has 9 heteroatoms. The molecule has 0 radical (unpaired) electrons. The zero-order chi connectivity index (χ0) is 19.1. The van der Waals surface area contributed by atoms with E-state index in [4.69, 9.17) is 4.74 Å². The number of piperidine rings is 1. The second-order valence-corrected chi connectivity index (χ2v) is 6.33. The smallest absolute Gasteiger partial charge is 0.353 e. The van der Waals surface area contributed by atoms with E-state index in [0.29, 0.717) is 18.0 Å². The fourth-order valence-corrected chi connectivity index (χ4v) is 3.16. The molecule has 2 heterocycles. The molecule has 0 bridgehead atoms. The highest BCUT2D eigenvalue weighted by atomic mass is 16.6. The molecule has 0 spiro atoms. The van der Waals surface area contributed by atoms with Crippen LogP contribution in [0, 0.1) is 10.1 Å². The molecule has 1 aromatic heterocycles. The molecule has 0 atom stereocenters. The first kappa shape index (κ1) is 18.8. The number of para-hydroxylation sites is 2. The number of anilines is 3. The van der Waals surface area contributed by atoms with E-state index in [1.54, 1.807) is 19.2 Å². The van der Waals surface area contributed by atoms with Crippen molar-refractivity contribution in [2.75, 3.05) is 43.9 Å². The van der Waals surface area contributed by atoms with E-state index in [1.807, 2.05) is 12.1 Å². The molecule has 0 unspecified atom stereocenters. The third-order valence-corrected chi connectivity index (χ3v) is 4.53. The quantitative estimate of drug-likeness (QED) is 0.538. The van der Waals surface area contributed by atoms with E-state index in [0.717, 1.165) is 19.6 Å². The lowest BCUT2D eigenvalue weighted by molar-refractivity contribution is -0.383. The Kier molecular flexibility index (Phi) is 6.37. The fraction of sp³-hybridized carbons (Fsp3) is 0.444. The number of methoxy groups -OCH3 is 1. The van der Waals surface area contributed by atoms with Gasteiger partial charge in [0.1, 0.15) is 12.1 Å². The topological polar surface area (TPSA) is 105 Å². The Morgan fingerprint density at radius 1 is 1.19 bits per heavy atom. The highest BCUT2D eigenvalue weighted by molar-refractivity contribution is 5.75. The minimum atomic E-state index is -0.471. The van der Waals surface area contributed by atoms with Crippen LogP contribution in [-0.4, -0.2) is 53.1 Å². The van der Waals surface area contributed by atoms with Gasteiger partial charge in [-0.15, -0.1) is 0 Å². The molecule has 1 fully saturated rings. The number of nitrogens with zero attached hydrogens (tertiary/aromatic N) is 4. The molecule has 1 aliphatic heterocycles. The fourth-order valence-electron chi connectivity index (χ4n) is 3.16. The van der Waals surface area contributed by atoms with Crippen LogP contribution >= 0.6 is 0 Å². The van der Waals surface area contributed by atoms with Gasteiger partial charge in [0.05, 0.1) is 17.7 Å². The van der Waals surface area contributed by atoms with Crippen LogP contribution in [0.25, 0.3) is 0 Å². The summed E-state index contributed by atoms with van der Waals surface area (Å²) in [6, 6.07) is 7.18. The van der Waals surface area contributed by atoms with E-state index in [2.05, 4.69) is 25.5 Å². The van der Waals surface area contributed by atoms with Crippen LogP contribution < -0.4 is 15.4 Å². The number of hydrogen-bond acceptors (Lipinski definition) is 8. The van der Waals surface area contributed by atoms with Crippen LogP contribution in [0.1, 0.15) is 19.3 Å². The summed E-state index contributed by atoms with van der Waals surface area (Å²) in [4.78, 5) is 21.7. The zero-order valence-electron chi connectivity index (χ0n) is 15.4. The Balaban J connectivity index is 1.75. The maximum Gasteiger partial charge on any atom is 0.353 e. The van der Waals surface area contributed by atoms with Crippen LogP contribution in [0.5, 0.6) is 5.75 Å². The first-order valence-corrected chi connectivity index (χ1v) is 9.04. The van der Waals surface area contributed by atoms with Gasteiger partial charge in [0.25, 0.3) is 0 Å². The summed E-state index contributed by atoms with van der Waals surface area (Å²) in [6.07, 6.45) is 5.01. The Morgan fingerprint density at radius 2 is 1.93 bits per heavy atom. The number of likely N-dealkylation sites (tertiary alicyclic amines) is 1. The minimum Gasteiger partial charge on any atom is -0.495 e. The van der Waals surface area contributed by atoms with Gasteiger partial charge in [-0.1, -0.05) is 18.6 Å². The molecule has 0 amide bonds. The molecule has 27 heavy (non-hydrogen) atoms. The van der Waals surface area contributed by atoms with Crippen LogP contribution in [0.2, 0.25) is 0 Å². The summed E-state index contributed by atoms with van der Waals surface area (Å²) in [5.41, 5.74) is 0.420. The van der Waals surface area contributed by atoms with E-state index in [1.165, 1.54) is 25.6 Å². The molecule has 2 N–H and O–H groups in total. The molecule has 144 valence electrons. The third-order valence-electron chi connectivity index (χ3n) is 4.53. The molecule has 0 saturated carbocycles. The summed E-state index contributed by atoms with van der Waals surface area (Å²) < 4.78 is 5.28. The van der Waals surface area contributed by atoms with Gasteiger partial charge in [0.15, 0.2) is 0 Å². The van der Waals surface area contributed by atoms with Crippen molar-refractivity contribution in [2.24, 2.45) is 0 Å². The van der Waals surface area contributed by atoms with Gasteiger partial charge in [-0.2, -0.15) is 0 Å². The number of aromatic nitrogens is 2. The van der Waals surface area contributed by atoms with Crippen LogP contribution in [0.4, 0.5) is 23.0 Å². The third kappa shape index (κ3) is 4.82. The van der Waals surface area contributed by atoms with Crippen LogP contribution in [0.3, 0.4) is 0 Å². The van der Waals surface area contributed by atoms with Gasteiger partial charge in [0.2, 0.25) is 11.6 Å². The SMILES string of the molecule is COc1ccccc1Nc1ncnc(NCCN2CCCCC2)c1[N+](=O)[O-].